The fourth-order valence-electron chi connectivity index (χ4n) is 2.03. The van der Waals surface area contributed by atoms with Crippen LogP contribution < -0.4 is 5.32 Å². The molecule has 2 fully saturated rings. The van der Waals surface area contributed by atoms with Crippen LogP contribution in [0.4, 0.5) is 0 Å². The normalized spacial score (nSPS) is 36.7. The molecule has 2 atom stereocenters. The molecule has 11 heavy (non-hydrogen) atoms. The van der Waals surface area contributed by atoms with Crippen molar-refractivity contribution in [3.63, 3.8) is 0 Å². The zero-order valence-electron chi connectivity index (χ0n) is 6.30. The highest BCUT2D eigenvalue weighted by Crippen LogP contribution is 2.33. The minimum atomic E-state index is 0.112. The molecule has 0 aromatic rings. The van der Waals surface area contributed by atoms with Gasteiger partial charge in [-0.05, 0) is 11.8 Å². The maximum Gasteiger partial charge on any atom is 0.220 e. The number of fused-ring (bicyclic) bond motifs is 1. The van der Waals surface area contributed by atoms with Gasteiger partial charge >= 0.3 is 0 Å². The van der Waals surface area contributed by atoms with Crippen LogP contribution in [0.3, 0.4) is 0 Å². The molecule has 1 amide bonds. The van der Waals surface area contributed by atoms with Crippen LogP contribution in [0.1, 0.15) is 19.3 Å². The Morgan fingerprint density at radius 1 is 1.09 bits per heavy atom. The maximum absolute atomic E-state index is 11.0. The van der Waals surface area contributed by atoms with Crippen molar-refractivity contribution in [2.75, 3.05) is 6.54 Å². The van der Waals surface area contributed by atoms with Crippen LogP contribution in [-0.4, -0.2) is 18.2 Å². The van der Waals surface area contributed by atoms with Crippen molar-refractivity contribution >= 4 is 11.7 Å². The molecule has 3 nitrogen and oxygen atoms in total. The maximum atomic E-state index is 11.0. The highest BCUT2D eigenvalue weighted by atomic mass is 16.1. The third kappa shape index (κ3) is 1.15. The Bertz CT molecular complexity index is 210. The van der Waals surface area contributed by atoms with Crippen molar-refractivity contribution in [3.8, 4) is 0 Å². The highest BCUT2D eigenvalue weighted by molar-refractivity contribution is 5.84. The van der Waals surface area contributed by atoms with Gasteiger partial charge in [0.25, 0.3) is 0 Å². The molecule has 0 unspecified atom stereocenters. The summed E-state index contributed by atoms with van der Waals surface area (Å²) >= 11 is 0. The third-order valence-corrected chi connectivity index (χ3v) is 2.66. The average molecular weight is 153 g/mol. The van der Waals surface area contributed by atoms with Crippen LogP contribution in [-0.2, 0) is 9.59 Å². The highest BCUT2D eigenvalue weighted by Gasteiger charge is 2.36. The van der Waals surface area contributed by atoms with Gasteiger partial charge in [0.05, 0.1) is 0 Å². The molecular weight excluding hydrogens is 142 g/mol. The Morgan fingerprint density at radius 2 is 1.82 bits per heavy atom. The van der Waals surface area contributed by atoms with E-state index < -0.39 is 0 Å². The summed E-state index contributed by atoms with van der Waals surface area (Å²) in [6.45, 7) is 0.718. The van der Waals surface area contributed by atoms with E-state index >= 15 is 0 Å². The van der Waals surface area contributed by atoms with Gasteiger partial charge in [-0.1, -0.05) is 0 Å². The van der Waals surface area contributed by atoms with E-state index in [-0.39, 0.29) is 5.91 Å². The fraction of sp³-hybridized carbons (Fsp3) is 0.750. The summed E-state index contributed by atoms with van der Waals surface area (Å²) < 4.78 is 0. The summed E-state index contributed by atoms with van der Waals surface area (Å²) in [5.41, 5.74) is 0. The van der Waals surface area contributed by atoms with Crippen molar-refractivity contribution in [3.05, 3.63) is 0 Å². The largest absolute Gasteiger partial charge is 0.356 e. The average Bonchev–Trinajstić information content (AvgIpc) is 2.27. The Hall–Kier alpha value is -0.860. The Morgan fingerprint density at radius 3 is 2.64 bits per heavy atom. The van der Waals surface area contributed by atoms with Crippen molar-refractivity contribution in [1.82, 2.24) is 5.32 Å². The number of piperidine rings is 1. The summed E-state index contributed by atoms with van der Waals surface area (Å²) in [5, 5.41) is 2.78. The van der Waals surface area contributed by atoms with E-state index in [4.69, 9.17) is 0 Å². The van der Waals surface area contributed by atoms with Gasteiger partial charge in [-0.25, -0.2) is 0 Å². The number of Topliss-reactive ketones (excluding diaryl/α,β-unsaturated/α-hetero) is 1. The molecule has 3 heteroatoms. The van der Waals surface area contributed by atoms with Gasteiger partial charge in [-0.3, -0.25) is 9.59 Å². The van der Waals surface area contributed by atoms with Gasteiger partial charge in [0, 0.05) is 25.8 Å². The van der Waals surface area contributed by atoms with E-state index in [1.165, 1.54) is 0 Å². The van der Waals surface area contributed by atoms with E-state index in [1.54, 1.807) is 0 Å². The molecule has 0 aromatic carbocycles. The number of hydrogen-bond acceptors (Lipinski definition) is 2. The third-order valence-electron chi connectivity index (χ3n) is 2.66. The van der Waals surface area contributed by atoms with Gasteiger partial charge < -0.3 is 5.32 Å². The molecule has 1 heterocycles. The van der Waals surface area contributed by atoms with Gasteiger partial charge in [-0.15, -0.1) is 0 Å². The number of ketones is 1. The van der Waals surface area contributed by atoms with Crippen molar-refractivity contribution in [1.29, 1.82) is 0 Å². The zero-order chi connectivity index (χ0) is 7.84. The molecule has 60 valence electrons. The van der Waals surface area contributed by atoms with E-state index in [2.05, 4.69) is 5.32 Å². The fourth-order valence-corrected chi connectivity index (χ4v) is 2.03. The molecule has 1 N–H and O–H groups in total. The first-order chi connectivity index (χ1) is 5.25. The van der Waals surface area contributed by atoms with Crippen LogP contribution in [0.5, 0.6) is 0 Å². The quantitative estimate of drug-likeness (QED) is 0.536. The summed E-state index contributed by atoms with van der Waals surface area (Å²) in [6, 6.07) is 0. The number of nitrogens with one attached hydrogen (secondary N) is 1. The first kappa shape index (κ1) is 6.83. The zero-order valence-corrected chi connectivity index (χ0v) is 6.30. The lowest BCUT2D eigenvalue weighted by atomic mass is 9.89. The minimum absolute atomic E-state index is 0.112. The van der Waals surface area contributed by atoms with Crippen LogP contribution in [0.15, 0.2) is 0 Å². The lowest BCUT2D eigenvalue weighted by Crippen LogP contribution is -2.38. The number of carbonyl (C=O) groups is 2. The summed E-state index contributed by atoms with van der Waals surface area (Å²) in [4.78, 5) is 21.9. The van der Waals surface area contributed by atoms with Crippen LogP contribution >= 0.6 is 0 Å². The number of rotatable bonds is 0. The molecule has 1 saturated carbocycles. The monoisotopic (exact) mass is 153 g/mol. The van der Waals surface area contributed by atoms with Gasteiger partial charge in [-0.2, -0.15) is 0 Å². The number of amides is 1. The Kier molecular flexibility index (Phi) is 1.44. The first-order valence-corrected chi connectivity index (χ1v) is 4.04. The van der Waals surface area contributed by atoms with Crippen LogP contribution in [0, 0.1) is 11.8 Å². The summed E-state index contributed by atoms with van der Waals surface area (Å²) in [7, 11) is 0. The smallest absolute Gasteiger partial charge is 0.220 e. The molecule has 0 radical (unpaired) electrons. The molecule has 2 rings (SSSR count). The first-order valence-electron chi connectivity index (χ1n) is 4.04. The lowest BCUT2D eigenvalue weighted by molar-refractivity contribution is -0.124. The van der Waals surface area contributed by atoms with Gasteiger partial charge in [0.2, 0.25) is 5.91 Å². The van der Waals surface area contributed by atoms with E-state index in [9.17, 15) is 9.59 Å². The number of hydrogen-bond donors (Lipinski definition) is 1. The predicted molar refractivity (Wildman–Crippen MR) is 38.8 cm³/mol. The second kappa shape index (κ2) is 2.32. The standard InChI is InChI=1S/C8H11NO2/c10-7-1-5-3-8(11)9-4-6(5)2-7/h5-6H,1-4H2,(H,9,11)/t5-,6-/m1/s1. The molecular formula is C8H11NO2. The van der Waals surface area contributed by atoms with Crippen LogP contribution in [0.25, 0.3) is 0 Å². The molecule has 1 saturated heterocycles. The Labute approximate surface area is 65.2 Å². The molecule has 0 aromatic heterocycles. The SMILES string of the molecule is O=C1C[C@@H]2CC(=O)NC[C@H]2C1. The van der Waals surface area contributed by atoms with Crippen LogP contribution in [0.2, 0.25) is 0 Å². The molecule has 0 bridgehead atoms. The van der Waals surface area contributed by atoms with E-state index in [1.807, 2.05) is 0 Å². The number of carbonyl (C=O) groups excluding carboxylic acids is 2. The van der Waals surface area contributed by atoms with Crippen molar-refractivity contribution in [2.24, 2.45) is 11.8 Å². The second-order valence-electron chi connectivity index (χ2n) is 3.48. The van der Waals surface area contributed by atoms with Gasteiger partial charge in [0.1, 0.15) is 5.78 Å². The molecule has 0 spiro atoms. The van der Waals surface area contributed by atoms with Crippen molar-refractivity contribution in [2.45, 2.75) is 19.3 Å². The summed E-state index contributed by atoms with van der Waals surface area (Å²) in [6.07, 6.45) is 1.89. The molecule has 1 aliphatic carbocycles. The molecule has 2 aliphatic rings. The van der Waals surface area contributed by atoms with E-state index in [0.717, 1.165) is 6.54 Å². The molecule has 1 aliphatic heterocycles. The predicted octanol–water partition coefficient (Wildman–Crippen LogP) is 0.102. The second-order valence-corrected chi connectivity index (χ2v) is 3.48. The minimum Gasteiger partial charge on any atom is -0.356 e. The topological polar surface area (TPSA) is 46.2 Å². The summed E-state index contributed by atoms with van der Waals surface area (Å²) in [5.74, 6) is 1.24. The van der Waals surface area contributed by atoms with Gasteiger partial charge in [0.15, 0.2) is 0 Å². The van der Waals surface area contributed by atoms with E-state index in [0.29, 0.717) is 36.9 Å². The van der Waals surface area contributed by atoms with Crippen molar-refractivity contribution < 1.29 is 9.59 Å². The lowest BCUT2D eigenvalue weighted by Gasteiger charge is -2.24. The Balaban J connectivity index is 2.08.